The zero-order valence-corrected chi connectivity index (χ0v) is 14.2. The van der Waals surface area contributed by atoms with Gasteiger partial charge in [0.05, 0.1) is 11.0 Å². The Kier molecular flexibility index (Phi) is 4.90. The quantitative estimate of drug-likeness (QED) is 0.383. The first-order valence-electron chi connectivity index (χ1n) is 7.78. The van der Waals surface area contributed by atoms with Gasteiger partial charge in [-0.05, 0) is 29.5 Å². The number of ketones is 1. The van der Waals surface area contributed by atoms with Crippen molar-refractivity contribution in [2.45, 2.75) is 32.6 Å². The van der Waals surface area contributed by atoms with E-state index in [2.05, 4.69) is 11.5 Å². The molecule has 0 heterocycles. The van der Waals surface area contributed by atoms with Crippen LogP contribution in [0.1, 0.15) is 53.5 Å². The smallest absolute Gasteiger partial charge is 0.295 e. The van der Waals surface area contributed by atoms with Gasteiger partial charge >= 0.3 is 5.97 Å². The molecule has 0 aliphatic heterocycles. The fraction of sp³-hybridized carbons (Fsp3) is 0.300. The second-order valence-corrected chi connectivity index (χ2v) is 6.95. The minimum atomic E-state index is -0.835. The summed E-state index contributed by atoms with van der Waals surface area (Å²) in [4.78, 5) is 28.7. The summed E-state index contributed by atoms with van der Waals surface area (Å²) < 4.78 is 0. The number of hydrogen-bond acceptors (Lipinski definition) is 4. The largest absolute Gasteiger partial charge is 0.373 e. The molecule has 126 valence electrons. The summed E-state index contributed by atoms with van der Waals surface area (Å²) in [7, 11) is 0. The Morgan fingerprint density at radius 3 is 2.50 bits per heavy atom. The molecule has 1 aliphatic rings. The summed E-state index contributed by atoms with van der Waals surface area (Å²) in [6.45, 7) is 9.60. The first-order chi connectivity index (χ1) is 11.2. The molecule has 0 saturated heterocycles. The van der Waals surface area contributed by atoms with E-state index in [9.17, 15) is 9.59 Å². The molecule has 0 bridgehead atoms. The van der Waals surface area contributed by atoms with Crippen LogP contribution in [0.2, 0.25) is 0 Å². The van der Waals surface area contributed by atoms with Crippen LogP contribution in [0.15, 0.2) is 55.2 Å². The Morgan fingerprint density at radius 2 is 2.00 bits per heavy atom. The number of allylic oxidation sites excluding steroid dienone is 5. The van der Waals surface area contributed by atoms with Crippen LogP contribution in [-0.2, 0) is 10.3 Å². The van der Waals surface area contributed by atoms with E-state index >= 15 is 0 Å². The van der Waals surface area contributed by atoms with Crippen molar-refractivity contribution in [1.82, 2.24) is 0 Å². The minimum Gasteiger partial charge on any atom is -0.295 e. The second kappa shape index (κ2) is 6.57. The number of carbonyl (C=O) groups excluding carboxylic acids is 2. The molecule has 1 aromatic rings. The van der Waals surface area contributed by atoms with Crippen molar-refractivity contribution < 1.29 is 19.7 Å². The molecule has 0 aromatic heterocycles. The zero-order valence-electron chi connectivity index (χ0n) is 14.2. The highest BCUT2D eigenvalue weighted by molar-refractivity contribution is 6.04. The maximum absolute atomic E-state index is 13.1. The molecule has 0 amide bonds. The Morgan fingerprint density at radius 1 is 1.29 bits per heavy atom. The Hall–Kier alpha value is -2.46. The third kappa shape index (κ3) is 3.24. The van der Waals surface area contributed by atoms with Gasteiger partial charge in [-0.25, -0.2) is 4.79 Å². The van der Waals surface area contributed by atoms with Crippen molar-refractivity contribution >= 4 is 11.8 Å². The third-order valence-electron chi connectivity index (χ3n) is 4.28. The van der Waals surface area contributed by atoms with Crippen molar-refractivity contribution in [2.75, 3.05) is 0 Å². The van der Waals surface area contributed by atoms with Crippen LogP contribution in [0.4, 0.5) is 0 Å². The van der Waals surface area contributed by atoms with Crippen molar-refractivity contribution in [3.05, 3.63) is 71.8 Å². The lowest BCUT2D eigenvalue weighted by atomic mass is 9.74. The molecular weight excluding hydrogens is 304 g/mol. The van der Waals surface area contributed by atoms with Gasteiger partial charge in [-0.3, -0.25) is 9.68 Å². The van der Waals surface area contributed by atoms with E-state index in [0.29, 0.717) is 17.5 Å². The molecule has 0 radical (unpaired) electrons. The molecule has 1 N–H and O–H groups in total. The van der Waals surface area contributed by atoms with Crippen molar-refractivity contribution in [3.8, 4) is 0 Å². The zero-order chi connectivity index (χ0) is 18.0. The van der Waals surface area contributed by atoms with Gasteiger partial charge in [0, 0.05) is 5.56 Å². The first-order valence-corrected chi connectivity index (χ1v) is 7.78. The van der Waals surface area contributed by atoms with E-state index < -0.39 is 16.8 Å². The summed E-state index contributed by atoms with van der Waals surface area (Å²) in [5.74, 6) is -0.912. The molecule has 0 saturated carbocycles. The molecule has 1 atom stereocenters. The van der Waals surface area contributed by atoms with Gasteiger partial charge in [-0.2, -0.15) is 5.26 Å². The second-order valence-electron chi connectivity index (χ2n) is 6.95. The molecule has 1 aliphatic carbocycles. The fourth-order valence-electron chi connectivity index (χ4n) is 2.85. The van der Waals surface area contributed by atoms with E-state index in [0.717, 1.165) is 0 Å². The van der Waals surface area contributed by atoms with E-state index in [1.165, 1.54) is 6.07 Å². The minimum absolute atomic E-state index is 0.0764. The first kappa shape index (κ1) is 17.9. The van der Waals surface area contributed by atoms with E-state index in [4.69, 9.17) is 5.26 Å². The maximum Gasteiger partial charge on any atom is 0.373 e. The monoisotopic (exact) mass is 326 g/mol. The fourth-order valence-corrected chi connectivity index (χ4v) is 2.85. The summed E-state index contributed by atoms with van der Waals surface area (Å²) in [6.07, 6.45) is 9.72. The molecule has 4 heteroatoms. The van der Waals surface area contributed by atoms with Crippen LogP contribution in [0.3, 0.4) is 0 Å². The van der Waals surface area contributed by atoms with E-state index in [1.54, 1.807) is 18.2 Å². The molecule has 2 rings (SSSR count). The number of Topliss-reactive ketones (excluding diaryl/α,β-unsaturated/α-hetero) is 1. The third-order valence-corrected chi connectivity index (χ3v) is 4.28. The Bertz CT molecular complexity index is 734. The van der Waals surface area contributed by atoms with E-state index in [-0.39, 0.29) is 11.3 Å². The van der Waals surface area contributed by atoms with Crippen molar-refractivity contribution in [3.63, 3.8) is 0 Å². The molecule has 0 fully saturated rings. The summed E-state index contributed by atoms with van der Waals surface area (Å²) in [5, 5.41) is 8.69. The van der Waals surface area contributed by atoms with Crippen molar-refractivity contribution in [1.29, 1.82) is 0 Å². The molecular formula is C20H22O4. The van der Waals surface area contributed by atoms with Crippen LogP contribution in [0.25, 0.3) is 0 Å². The highest BCUT2D eigenvalue weighted by Gasteiger charge is 2.34. The van der Waals surface area contributed by atoms with Crippen LogP contribution in [0, 0.1) is 5.41 Å². The van der Waals surface area contributed by atoms with E-state index in [1.807, 2.05) is 45.1 Å². The topological polar surface area (TPSA) is 63.6 Å². The number of hydrogen-bond donors (Lipinski definition) is 1. The maximum atomic E-state index is 13.1. The predicted molar refractivity (Wildman–Crippen MR) is 93.0 cm³/mol. The van der Waals surface area contributed by atoms with Crippen LogP contribution in [-0.4, -0.2) is 17.0 Å². The van der Waals surface area contributed by atoms with Gasteiger partial charge in [-0.1, -0.05) is 57.2 Å². The lowest BCUT2D eigenvalue weighted by Crippen LogP contribution is -2.28. The molecule has 0 spiro atoms. The van der Waals surface area contributed by atoms with Gasteiger partial charge in [0.2, 0.25) is 0 Å². The predicted octanol–water partition coefficient (Wildman–Crippen LogP) is 4.49. The van der Waals surface area contributed by atoms with Gasteiger partial charge in [0.25, 0.3) is 0 Å². The summed E-state index contributed by atoms with van der Waals surface area (Å²) in [5.41, 5.74) is 0.205. The lowest BCUT2D eigenvalue weighted by molar-refractivity contribution is -0.182. The van der Waals surface area contributed by atoms with Gasteiger partial charge in [0.15, 0.2) is 5.78 Å². The summed E-state index contributed by atoms with van der Waals surface area (Å²) in [6, 6.07) is 4.80. The number of carbonyl (C=O) groups is 2. The lowest BCUT2D eigenvalue weighted by Gasteiger charge is -2.28. The van der Waals surface area contributed by atoms with Crippen LogP contribution < -0.4 is 0 Å². The average molecular weight is 326 g/mol. The number of rotatable bonds is 4. The van der Waals surface area contributed by atoms with Gasteiger partial charge in [0.1, 0.15) is 0 Å². The molecule has 1 unspecified atom stereocenters. The normalized spacial score (nSPS) is 19.8. The highest BCUT2D eigenvalue weighted by Crippen LogP contribution is 2.35. The van der Waals surface area contributed by atoms with Gasteiger partial charge in [-0.15, -0.1) is 6.58 Å². The van der Waals surface area contributed by atoms with Crippen LogP contribution >= 0.6 is 0 Å². The number of benzene rings is 1. The summed E-state index contributed by atoms with van der Waals surface area (Å²) >= 11 is 0. The molecule has 4 nitrogen and oxygen atoms in total. The Labute approximate surface area is 142 Å². The SMILES string of the molecule is C=CC1(C(=O)c2ccc(C(=O)OO)c(C(C)(C)C)c2)C=CC=CC1. The molecule has 24 heavy (non-hydrogen) atoms. The average Bonchev–Trinajstić information content (AvgIpc) is 2.59. The molecule has 1 aromatic carbocycles. The standard InChI is InChI=1S/C20H22O4/c1-5-20(11-7-6-8-12-20)17(21)14-9-10-15(18(22)24-23)16(13-14)19(2,3)4/h5-11,13,23H,1,12H2,2-4H3. The highest BCUT2D eigenvalue weighted by atomic mass is 17.1. The Balaban J connectivity index is 2.54. The van der Waals surface area contributed by atoms with Gasteiger partial charge < -0.3 is 0 Å². The van der Waals surface area contributed by atoms with Crippen LogP contribution in [0.5, 0.6) is 0 Å². The van der Waals surface area contributed by atoms with Crippen molar-refractivity contribution in [2.24, 2.45) is 5.41 Å².